The van der Waals surface area contributed by atoms with Gasteiger partial charge in [0.15, 0.2) is 0 Å². The van der Waals surface area contributed by atoms with Crippen LogP contribution < -0.4 is 5.73 Å². The van der Waals surface area contributed by atoms with Gasteiger partial charge in [-0.1, -0.05) is 30.3 Å². The van der Waals surface area contributed by atoms with Gasteiger partial charge in [-0.25, -0.2) is 0 Å². The number of rotatable bonds is 5. The second-order valence-electron chi connectivity index (χ2n) is 4.02. The first kappa shape index (κ1) is 12.4. The molecule has 0 spiro atoms. The fourth-order valence-corrected chi connectivity index (χ4v) is 1.76. The van der Waals surface area contributed by atoms with Gasteiger partial charge < -0.3 is 15.1 Å². The van der Waals surface area contributed by atoms with Crippen molar-refractivity contribution in [1.82, 2.24) is 4.90 Å². The van der Waals surface area contributed by atoms with E-state index in [9.17, 15) is 4.79 Å². The summed E-state index contributed by atoms with van der Waals surface area (Å²) >= 11 is 0. The number of carbonyl (C=O) groups is 1. The molecule has 0 aliphatic rings. The van der Waals surface area contributed by atoms with Gasteiger partial charge >= 0.3 is 0 Å². The highest BCUT2D eigenvalue weighted by Crippen LogP contribution is 2.10. The maximum Gasteiger partial charge on any atom is 0.237 e. The molecule has 0 saturated heterocycles. The first-order valence-electron chi connectivity index (χ1n) is 5.83. The van der Waals surface area contributed by atoms with E-state index in [4.69, 9.17) is 10.2 Å². The standard InChI is InChI=1S/C14H16N2O2/c15-9-14(17)16(11-13-7-4-8-18-13)10-12-5-2-1-3-6-12/h1-8H,9-11,15H2. The molecule has 4 heteroatoms. The van der Waals surface area contributed by atoms with Crippen molar-refractivity contribution in [1.29, 1.82) is 0 Å². The van der Waals surface area contributed by atoms with Crippen LogP contribution in [0.5, 0.6) is 0 Å². The number of nitrogens with zero attached hydrogens (tertiary/aromatic N) is 1. The fourth-order valence-electron chi connectivity index (χ4n) is 1.76. The van der Waals surface area contributed by atoms with Crippen molar-refractivity contribution in [3.8, 4) is 0 Å². The summed E-state index contributed by atoms with van der Waals surface area (Å²) in [6.07, 6.45) is 1.60. The van der Waals surface area contributed by atoms with E-state index in [1.54, 1.807) is 11.2 Å². The second kappa shape index (κ2) is 6.02. The largest absolute Gasteiger partial charge is 0.467 e. The normalized spacial score (nSPS) is 10.3. The Morgan fingerprint density at radius 2 is 1.89 bits per heavy atom. The molecule has 1 amide bonds. The van der Waals surface area contributed by atoms with E-state index in [1.165, 1.54) is 0 Å². The SMILES string of the molecule is NCC(=O)N(Cc1ccccc1)Cc1ccco1. The van der Waals surface area contributed by atoms with Crippen molar-refractivity contribution in [2.75, 3.05) is 6.54 Å². The average Bonchev–Trinajstić information content (AvgIpc) is 2.91. The second-order valence-corrected chi connectivity index (χ2v) is 4.02. The lowest BCUT2D eigenvalue weighted by Crippen LogP contribution is -2.34. The molecular weight excluding hydrogens is 228 g/mol. The fraction of sp³-hybridized carbons (Fsp3) is 0.214. The van der Waals surface area contributed by atoms with E-state index >= 15 is 0 Å². The molecule has 0 fully saturated rings. The minimum atomic E-state index is -0.0877. The molecule has 0 unspecified atom stereocenters. The van der Waals surface area contributed by atoms with Crippen molar-refractivity contribution in [2.45, 2.75) is 13.1 Å². The quantitative estimate of drug-likeness (QED) is 0.872. The maximum atomic E-state index is 11.8. The highest BCUT2D eigenvalue weighted by molar-refractivity contribution is 5.77. The van der Waals surface area contributed by atoms with Crippen molar-refractivity contribution >= 4 is 5.91 Å². The van der Waals surface area contributed by atoms with E-state index in [0.29, 0.717) is 13.1 Å². The van der Waals surface area contributed by atoms with Crippen molar-refractivity contribution < 1.29 is 9.21 Å². The monoisotopic (exact) mass is 244 g/mol. The zero-order valence-corrected chi connectivity index (χ0v) is 10.1. The van der Waals surface area contributed by atoms with Crippen LogP contribution in [0.15, 0.2) is 53.1 Å². The molecule has 1 heterocycles. The summed E-state index contributed by atoms with van der Waals surface area (Å²) in [4.78, 5) is 13.5. The zero-order chi connectivity index (χ0) is 12.8. The lowest BCUT2D eigenvalue weighted by molar-refractivity contribution is -0.131. The summed E-state index contributed by atoms with van der Waals surface area (Å²) in [6, 6.07) is 13.5. The Hall–Kier alpha value is -2.07. The number of nitrogens with two attached hydrogens (primary N) is 1. The molecule has 0 radical (unpaired) electrons. The van der Waals surface area contributed by atoms with Crippen LogP contribution in [0.25, 0.3) is 0 Å². The van der Waals surface area contributed by atoms with E-state index in [-0.39, 0.29) is 12.5 Å². The van der Waals surface area contributed by atoms with Crippen LogP contribution in [0.2, 0.25) is 0 Å². The van der Waals surface area contributed by atoms with Crippen molar-refractivity contribution in [2.24, 2.45) is 5.73 Å². The van der Waals surface area contributed by atoms with Crippen LogP contribution in [0.4, 0.5) is 0 Å². The van der Waals surface area contributed by atoms with Gasteiger partial charge in [0.25, 0.3) is 0 Å². The highest BCUT2D eigenvalue weighted by atomic mass is 16.3. The molecule has 1 aromatic carbocycles. The summed E-state index contributed by atoms with van der Waals surface area (Å²) < 4.78 is 5.26. The summed E-state index contributed by atoms with van der Waals surface area (Å²) in [5.74, 6) is 0.669. The van der Waals surface area contributed by atoms with Gasteiger partial charge in [0.1, 0.15) is 5.76 Å². The van der Waals surface area contributed by atoms with E-state index < -0.39 is 0 Å². The molecule has 2 N–H and O–H groups in total. The number of amides is 1. The third-order valence-corrected chi connectivity index (χ3v) is 2.67. The third kappa shape index (κ3) is 3.21. The summed E-state index contributed by atoms with van der Waals surface area (Å²) in [6.45, 7) is 0.989. The Kier molecular flexibility index (Phi) is 4.15. The van der Waals surface area contributed by atoms with Crippen molar-refractivity contribution in [3.63, 3.8) is 0 Å². The summed E-state index contributed by atoms with van der Waals surface area (Å²) in [5.41, 5.74) is 6.51. The minimum Gasteiger partial charge on any atom is -0.467 e. The first-order chi connectivity index (χ1) is 8.79. The van der Waals surface area contributed by atoms with E-state index in [0.717, 1.165) is 11.3 Å². The van der Waals surface area contributed by atoms with Gasteiger partial charge in [0.2, 0.25) is 5.91 Å². The van der Waals surface area contributed by atoms with Gasteiger partial charge in [-0.3, -0.25) is 4.79 Å². The van der Waals surface area contributed by atoms with Gasteiger partial charge in [0, 0.05) is 6.54 Å². The lowest BCUT2D eigenvalue weighted by atomic mass is 10.2. The molecule has 0 atom stereocenters. The topological polar surface area (TPSA) is 59.5 Å². The van der Waals surface area contributed by atoms with Gasteiger partial charge in [-0.2, -0.15) is 0 Å². The van der Waals surface area contributed by atoms with E-state index in [2.05, 4.69) is 0 Å². The minimum absolute atomic E-state index is 0.00748. The molecular formula is C14H16N2O2. The number of hydrogen-bond donors (Lipinski definition) is 1. The summed E-state index contributed by atoms with van der Waals surface area (Å²) in [7, 11) is 0. The lowest BCUT2D eigenvalue weighted by Gasteiger charge is -2.21. The number of carbonyl (C=O) groups excluding carboxylic acids is 1. The van der Waals surface area contributed by atoms with E-state index in [1.807, 2.05) is 42.5 Å². The maximum absolute atomic E-state index is 11.8. The van der Waals surface area contributed by atoms with Crippen LogP contribution >= 0.6 is 0 Å². The van der Waals surface area contributed by atoms with Crippen LogP contribution in [-0.2, 0) is 17.9 Å². The van der Waals surface area contributed by atoms with Crippen LogP contribution in [0.3, 0.4) is 0 Å². The van der Waals surface area contributed by atoms with Gasteiger partial charge in [-0.15, -0.1) is 0 Å². The molecule has 0 aliphatic carbocycles. The van der Waals surface area contributed by atoms with Gasteiger partial charge in [-0.05, 0) is 17.7 Å². The molecule has 1 aromatic heterocycles. The molecule has 4 nitrogen and oxygen atoms in total. The highest BCUT2D eigenvalue weighted by Gasteiger charge is 2.14. The van der Waals surface area contributed by atoms with Gasteiger partial charge in [0.05, 0.1) is 19.4 Å². The number of furan rings is 1. The van der Waals surface area contributed by atoms with Crippen LogP contribution in [0.1, 0.15) is 11.3 Å². The molecule has 2 rings (SSSR count). The summed E-state index contributed by atoms with van der Waals surface area (Å²) in [5, 5.41) is 0. The molecule has 18 heavy (non-hydrogen) atoms. The third-order valence-electron chi connectivity index (χ3n) is 2.67. The smallest absolute Gasteiger partial charge is 0.237 e. The molecule has 0 bridgehead atoms. The Bertz CT molecular complexity index is 480. The average molecular weight is 244 g/mol. The number of hydrogen-bond acceptors (Lipinski definition) is 3. The Morgan fingerprint density at radius 1 is 1.11 bits per heavy atom. The molecule has 94 valence electrons. The number of benzene rings is 1. The van der Waals surface area contributed by atoms with Crippen molar-refractivity contribution in [3.05, 3.63) is 60.1 Å². The molecule has 0 saturated carbocycles. The Labute approximate surface area is 106 Å². The van der Waals surface area contributed by atoms with Crippen LogP contribution in [0, 0.1) is 0 Å². The van der Waals surface area contributed by atoms with Crippen LogP contribution in [-0.4, -0.2) is 17.4 Å². The Balaban J connectivity index is 2.08. The first-order valence-corrected chi connectivity index (χ1v) is 5.83. The molecule has 0 aliphatic heterocycles. The predicted octanol–water partition coefficient (Wildman–Crippen LogP) is 1.77. The predicted molar refractivity (Wildman–Crippen MR) is 68.5 cm³/mol. The Morgan fingerprint density at radius 3 is 2.50 bits per heavy atom. The molecule has 2 aromatic rings. The zero-order valence-electron chi connectivity index (χ0n) is 10.1.